The molecule has 0 spiro atoms. The molecule has 0 bridgehead atoms. The smallest absolute Gasteiger partial charge is 0.193 e. The molecule has 1 aliphatic rings. The van der Waals surface area contributed by atoms with E-state index in [1.54, 1.807) is 0 Å². The summed E-state index contributed by atoms with van der Waals surface area (Å²) in [6, 6.07) is 14.0. The third-order valence-electron chi connectivity index (χ3n) is 3.92. The molecule has 0 saturated carbocycles. The molecule has 0 aromatic heterocycles. The van der Waals surface area contributed by atoms with Gasteiger partial charge in [0.15, 0.2) is 5.78 Å². The van der Waals surface area contributed by atoms with E-state index in [1.807, 2.05) is 37.3 Å². The van der Waals surface area contributed by atoms with Gasteiger partial charge in [0.2, 0.25) is 0 Å². The summed E-state index contributed by atoms with van der Waals surface area (Å²) in [5.41, 5.74) is 5.57. The number of hydrogen-bond acceptors (Lipinski definition) is 1. The molecular weight excluding hydrogens is 232 g/mol. The summed E-state index contributed by atoms with van der Waals surface area (Å²) in [7, 11) is 0. The molecule has 0 fully saturated rings. The summed E-state index contributed by atoms with van der Waals surface area (Å²) < 4.78 is 0. The Morgan fingerprint density at radius 1 is 0.842 bits per heavy atom. The minimum atomic E-state index is 0.133. The second-order valence-electron chi connectivity index (χ2n) is 5.39. The number of benzene rings is 2. The maximum absolute atomic E-state index is 12.4. The van der Waals surface area contributed by atoms with E-state index in [0.717, 1.165) is 24.0 Å². The Morgan fingerprint density at radius 2 is 1.47 bits per heavy atom. The molecule has 0 saturated heterocycles. The zero-order valence-corrected chi connectivity index (χ0v) is 11.3. The van der Waals surface area contributed by atoms with Gasteiger partial charge in [-0.15, -0.1) is 0 Å². The van der Waals surface area contributed by atoms with E-state index in [1.165, 1.54) is 29.5 Å². The van der Waals surface area contributed by atoms with E-state index >= 15 is 0 Å². The average molecular weight is 250 g/mol. The quantitative estimate of drug-likeness (QED) is 0.733. The summed E-state index contributed by atoms with van der Waals surface area (Å²) in [4.78, 5) is 12.4. The average Bonchev–Trinajstić information content (AvgIpc) is 2.47. The molecule has 19 heavy (non-hydrogen) atoms. The number of hydrogen-bond donors (Lipinski definition) is 0. The maximum atomic E-state index is 12.4. The molecule has 96 valence electrons. The van der Waals surface area contributed by atoms with Crippen LogP contribution in [0.4, 0.5) is 0 Å². The van der Waals surface area contributed by atoms with E-state index in [9.17, 15) is 4.79 Å². The Hall–Kier alpha value is -1.89. The van der Waals surface area contributed by atoms with E-state index in [2.05, 4.69) is 12.1 Å². The molecule has 0 radical (unpaired) electrons. The van der Waals surface area contributed by atoms with Gasteiger partial charge in [0.1, 0.15) is 0 Å². The predicted octanol–water partition coefficient (Wildman–Crippen LogP) is 4.10. The lowest BCUT2D eigenvalue weighted by Gasteiger charge is -2.16. The minimum absolute atomic E-state index is 0.133. The zero-order chi connectivity index (χ0) is 13.2. The number of ketones is 1. The molecule has 1 heteroatoms. The minimum Gasteiger partial charge on any atom is -0.289 e. The first-order chi connectivity index (χ1) is 9.24. The van der Waals surface area contributed by atoms with Crippen molar-refractivity contribution in [1.29, 1.82) is 0 Å². The van der Waals surface area contributed by atoms with Crippen molar-refractivity contribution in [2.45, 2.75) is 32.6 Å². The summed E-state index contributed by atoms with van der Waals surface area (Å²) in [5.74, 6) is 0.133. The van der Waals surface area contributed by atoms with Crippen LogP contribution in [0.3, 0.4) is 0 Å². The third-order valence-corrected chi connectivity index (χ3v) is 3.92. The first kappa shape index (κ1) is 12.2. The van der Waals surface area contributed by atoms with Crippen molar-refractivity contribution in [2.24, 2.45) is 0 Å². The van der Waals surface area contributed by atoms with Crippen LogP contribution in [0.1, 0.15) is 45.5 Å². The van der Waals surface area contributed by atoms with Crippen molar-refractivity contribution in [3.05, 3.63) is 70.3 Å². The number of carbonyl (C=O) groups excluding carboxylic acids is 1. The first-order valence-electron chi connectivity index (χ1n) is 6.97. The lowest BCUT2D eigenvalue weighted by Crippen LogP contribution is -2.07. The van der Waals surface area contributed by atoms with Gasteiger partial charge in [0.25, 0.3) is 0 Å². The van der Waals surface area contributed by atoms with Gasteiger partial charge in [0.05, 0.1) is 0 Å². The number of aryl methyl sites for hydroxylation is 3. The molecule has 3 rings (SSSR count). The molecule has 0 unspecified atom stereocenters. The Bertz CT molecular complexity index is 608. The lowest BCUT2D eigenvalue weighted by atomic mass is 9.89. The van der Waals surface area contributed by atoms with Gasteiger partial charge < -0.3 is 0 Å². The van der Waals surface area contributed by atoms with Crippen molar-refractivity contribution >= 4 is 5.78 Å². The Morgan fingerprint density at radius 3 is 2.21 bits per heavy atom. The van der Waals surface area contributed by atoms with Gasteiger partial charge in [-0.2, -0.15) is 0 Å². The topological polar surface area (TPSA) is 17.1 Å². The van der Waals surface area contributed by atoms with Crippen LogP contribution in [0.5, 0.6) is 0 Å². The Kier molecular flexibility index (Phi) is 3.20. The second kappa shape index (κ2) is 5.00. The summed E-state index contributed by atoms with van der Waals surface area (Å²) in [5, 5.41) is 0. The lowest BCUT2D eigenvalue weighted by molar-refractivity contribution is 0.103. The molecule has 2 aromatic rings. The molecule has 0 amide bonds. The fraction of sp³-hybridized carbons (Fsp3) is 0.278. The monoisotopic (exact) mass is 250 g/mol. The van der Waals surface area contributed by atoms with Crippen LogP contribution in [0.2, 0.25) is 0 Å². The van der Waals surface area contributed by atoms with Crippen LogP contribution < -0.4 is 0 Å². The van der Waals surface area contributed by atoms with Crippen LogP contribution in [0.15, 0.2) is 42.5 Å². The van der Waals surface area contributed by atoms with Crippen LogP contribution in [0, 0.1) is 6.92 Å². The third kappa shape index (κ3) is 2.46. The van der Waals surface area contributed by atoms with E-state index in [-0.39, 0.29) is 5.78 Å². The zero-order valence-electron chi connectivity index (χ0n) is 11.3. The van der Waals surface area contributed by atoms with Crippen LogP contribution in [0.25, 0.3) is 0 Å². The van der Waals surface area contributed by atoms with Crippen molar-refractivity contribution in [3.63, 3.8) is 0 Å². The number of rotatable bonds is 2. The van der Waals surface area contributed by atoms with Crippen molar-refractivity contribution in [3.8, 4) is 0 Å². The van der Waals surface area contributed by atoms with E-state index < -0.39 is 0 Å². The predicted molar refractivity (Wildman–Crippen MR) is 77.7 cm³/mol. The Balaban J connectivity index is 1.93. The SMILES string of the molecule is Cc1ccc(C(=O)c2ccc3c(c2)CCCC3)cc1. The van der Waals surface area contributed by atoms with E-state index in [0.29, 0.717) is 0 Å². The molecule has 0 N–H and O–H groups in total. The van der Waals surface area contributed by atoms with Crippen molar-refractivity contribution in [2.75, 3.05) is 0 Å². The summed E-state index contributed by atoms with van der Waals surface area (Å²) in [6.07, 6.45) is 4.80. The summed E-state index contributed by atoms with van der Waals surface area (Å²) in [6.45, 7) is 2.03. The van der Waals surface area contributed by atoms with Crippen LogP contribution in [-0.2, 0) is 12.8 Å². The normalized spacial score (nSPS) is 13.9. The maximum Gasteiger partial charge on any atom is 0.193 e. The highest BCUT2D eigenvalue weighted by atomic mass is 16.1. The fourth-order valence-electron chi connectivity index (χ4n) is 2.75. The van der Waals surface area contributed by atoms with Gasteiger partial charge in [0, 0.05) is 11.1 Å². The van der Waals surface area contributed by atoms with Gasteiger partial charge in [-0.3, -0.25) is 4.79 Å². The highest BCUT2D eigenvalue weighted by Gasteiger charge is 2.13. The Labute approximate surface area is 114 Å². The van der Waals surface area contributed by atoms with Crippen LogP contribution >= 0.6 is 0 Å². The van der Waals surface area contributed by atoms with Gasteiger partial charge in [-0.25, -0.2) is 0 Å². The highest BCUT2D eigenvalue weighted by Crippen LogP contribution is 2.23. The number of carbonyl (C=O) groups is 1. The first-order valence-corrected chi connectivity index (χ1v) is 6.97. The van der Waals surface area contributed by atoms with Gasteiger partial charge >= 0.3 is 0 Å². The number of fused-ring (bicyclic) bond motifs is 1. The molecule has 1 aliphatic carbocycles. The summed E-state index contributed by atoms with van der Waals surface area (Å²) >= 11 is 0. The van der Waals surface area contributed by atoms with Crippen LogP contribution in [-0.4, -0.2) is 5.78 Å². The fourth-order valence-corrected chi connectivity index (χ4v) is 2.75. The molecule has 0 atom stereocenters. The van der Waals surface area contributed by atoms with Gasteiger partial charge in [-0.05, 0) is 49.8 Å². The largest absolute Gasteiger partial charge is 0.289 e. The molecular formula is C18H18O. The standard InChI is InChI=1S/C18H18O/c1-13-6-8-15(9-7-13)18(19)17-11-10-14-4-2-3-5-16(14)12-17/h6-12H,2-5H2,1H3. The molecule has 2 aromatic carbocycles. The molecule has 1 nitrogen and oxygen atoms in total. The van der Waals surface area contributed by atoms with Crippen molar-refractivity contribution in [1.82, 2.24) is 0 Å². The van der Waals surface area contributed by atoms with E-state index in [4.69, 9.17) is 0 Å². The second-order valence-corrected chi connectivity index (χ2v) is 5.39. The molecule has 0 aliphatic heterocycles. The molecule has 0 heterocycles. The highest BCUT2D eigenvalue weighted by molar-refractivity contribution is 6.09. The van der Waals surface area contributed by atoms with Crippen molar-refractivity contribution < 1.29 is 4.79 Å². The van der Waals surface area contributed by atoms with Gasteiger partial charge in [-0.1, -0.05) is 42.0 Å².